The van der Waals surface area contributed by atoms with E-state index < -0.39 is 17.7 Å². The van der Waals surface area contributed by atoms with Crippen LogP contribution in [-0.2, 0) is 4.79 Å². The average Bonchev–Trinajstić information content (AvgIpc) is 3.43. The minimum Gasteiger partial charge on any atom is -0.503 e. The summed E-state index contributed by atoms with van der Waals surface area (Å²) < 4.78 is 5.19. The lowest BCUT2D eigenvalue weighted by atomic mass is 9.95. The van der Waals surface area contributed by atoms with Crippen LogP contribution >= 0.6 is 22.7 Å². The largest absolute Gasteiger partial charge is 0.503 e. The number of carbonyl (C=O) groups excluding carboxylic acids is 2. The van der Waals surface area contributed by atoms with Crippen molar-refractivity contribution in [3.63, 3.8) is 0 Å². The maximum atomic E-state index is 13.1. The molecule has 0 fully saturated rings. The van der Waals surface area contributed by atoms with Gasteiger partial charge in [-0.1, -0.05) is 29.5 Å². The second-order valence-corrected chi connectivity index (χ2v) is 8.13. The van der Waals surface area contributed by atoms with Gasteiger partial charge in [0.1, 0.15) is 10.8 Å². The van der Waals surface area contributed by atoms with E-state index in [0.717, 1.165) is 0 Å². The van der Waals surface area contributed by atoms with Gasteiger partial charge in [-0.05, 0) is 36.1 Å². The Balaban J connectivity index is 1.86. The van der Waals surface area contributed by atoms with Gasteiger partial charge in [-0.2, -0.15) is 0 Å². The zero-order valence-corrected chi connectivity index (χ0v) is 16.6. The summed E-state index contributed by atoms with van der Waals surface area (Å²) >= 11 is 2.48. The fraction of sp³-hybridized carbons (Fsp3) is 0.158. The Kier molecular flexibility index (Phi) is 4.70. The Bertz CT molecular complexity index is 1070. The third kappa shape index (κ3) is 2.98. The number of methoxy groups -OCH3 is 1. The van der Waals surface area contributed by atoms with Crippen molar-refractivity contribution in [2.75, 3.05) is 12.0 Å². The standard InChI is InChI=1S/C19H15N3O4S2/c1-10-20-21-19(28-10)22-15(11-5-7-12(26-2)8-6-11)14(17(24)18(22)25)16(23)13-4-3-9-27-13/h3-9,15,24H,1-2H3. The molecule has 4 rings (SSSR count). The summed E-state index contributed by atoms with van der Waals surface area (Å²) in [7, 11) is 1.56. The molecule has 0 bridgehead atoms. The molecule has 1 N–H and O–H groups in total. The lowest BCUT2D eigenvalue weighted by Gasteiger charge is -2.24. The number of aliphatic hydroxyl groups is 1. The maximum Gasteiger partial charge on any atom is 0.296 e. The third-order valence-electron chi connectivity index (χ3n) is 4.35. The number of Topliss-reactive ketones (excluding diaryl/α,β-unsaturated/α-hetero) is 1. The number of ketones is 1. The van der Waals surface area contributed by atoms with Crippen LogP contribution in [0.1, 0.15) is 26.3 Å². The van der Waals surface area contributed by atoms with E-state index >= 15 is 0 Å². The Morgan fingerprint density at radius 3 is 2.54 bits per heavy atom. The number of benzene rings is 1. The van der Waals surface area contributed by atoms with Crippen molar-refractivity contribution in [3.8, 4) is 5.75 Å². The van der Waals surface area contributed by atoms with E-state index in [1.807, 2.05) is 0 Å². The molecule has 9 heteroatoms. The van der Waals surface area contributed by atoms with Crippen LogP contribution in [-0.4, -0.2) is 34.1 Å². The molecular formula is C19H15N3O4S2. The summed E-state index contributed by atoms with van der Waals surface area (Å²) in [6, 6.07) is 9.62. The SMILES string of the molecule is COc1ccc(C2C(C(=O)c3cccs3)=C(O)C(=O)N2c2nnc(C)s2)cc1. The number of aliphatic hydroxyl groups excluding tert-OH is 1. The summed E-state index contributed by atoms with van der Waals surface area (Å²) in [5, 5.41) is 21.4. The van der Waals surface area contributed by atoms with Gasteiger partial charge in [0, 0.05) is 0 Å². The molecule has 3 heterocycles. The van der Waals surface area contributed by atoms with Crippen molar-refractivity contribution >= 4 is 39.5 Å². The van der Waals surface area contributed by atoms with Crippen molar-refractivity contribution < 1.29 is 19.4 Å². The molecule has 0 radical (unpaired) electrons. The highest BCUT2D eigenvalue weighted by Crippen LogP contribution is 2.43. The Morgan fingerprint density at radius 2 is 1.96 bits per heavy atom. The molecule has 28 heavy (non-hydrogen) atoms. The first kappa shape index (κ1) is 18.3. The van der Waals surface area contributed by atoms with E-state index in [0.29, 0.717) is 26.3 Å². The van der Waals surface area contributed by atoms with Gasteiger partial charge in [0.15, 0.2) is 5.76 Å². The van der Waals surface area contributed by atoms with Gasteiger partial charge in [-0.3, -0.25) is 14.5 Å². The second-order valence-electron chi connectivity index (χ2n) is 6.02. The molecule has 142 valence electrons. The number of amides is 1. The normalized spacial score (nSPS) is 16.7. The molecule has 0 spiro atoms. The van der Waals surface area contributed by atoms with Crippen LogP contribution < -0.4 is 9.64 Å². The lowest BCUT2D eigenvalue weighted by molar-refractivity contribution is -0.117. The molecule has 1 aromatic carbocycles. The first-order chi connectivity index (χ1) is 13.5. The zero-order valence-electron chi connectivity index (χ0n) is 14.9. The fourth-order valence-electron chi connectivity index (χ4n) is 3.06. The molecule has 1 amide bonds. The van der Waals surface area contributed by atoms with Crippen molar-refractivity contribution in [2.45, 2.75) is 13.0 Å². The molecule has 1 unspecified atom stereocenters. The van der Waals surface area contributed by atoms with E-state index in [1.54, 1.807) is 55.8 Å². The van der Waals surface area contributed by atoms with Gasteiger partial charge in [0.05, 0.1) is 23.6 Å². The van der Waals surface area contributed by atoms with E-state index in [4.69, 9.17) is 4.74 Å². The monoisotopic (exact) mass is 413 g/mol. The first-order valence-corrected chi connectivity index (χ1v) is 10.00. The summed E-state index contributed by atoms with van der Waals surface area (Å²) in [5.41, 5.74) is 0.691. The van der Waals surface area contributed by atoms with Crippen LogP contribution in [0.2, 0.25) is 0 Å². The number of hydrogen-bond donors (Lipinski definition) is 1. The second kappa shape index (κ2) is 7.17. The molecule has 1 aliphatic heterocycles. The number of aryl methyl sites for hydroxylation is 1. The molecule has 0 saturated carbocycles. The molecule has 1 atom stereocenters. The van der Waals surface area contributed by atoms with Crippen molar-refractivity contribution in [1.82, 2.24) is 10.2 Å². The highest BCUT2D eigenvalue weighted by molar-refractivity contribution is 7.15. The topological polar surface area (TPSA) is 92.6 Å². The van der Waals surface area contributed by atoms with E-state index in [-0.39, 0.29) is 11.4 Å². The summed E-state index contributed by atoms with van der Waals surface area (Å²) in [4.78, 5) is 27.8. The van der Waals surface area contributed by atoms with E-state index in [1.165, 1.54) is 27.6 Å². The van der Waals surface area contributed by atoms with Gasteiger partial charge < -0.3 is 9.84 Å². The molecule has 0 saturated heterocycles. The van der Waals surface area contributed by atoms with Gasteiger partial charge in [0.25, 0.3) is 5.91 Å². The number of nitrogens with zero attached hydrogens (tertiary/aromatic N) is 3. The van der Waals surface area contributed by atoms with E-state index in [2.05, 4.69) is 10.2 Å². The highest BCUT2D eigenvalue weighted by Gasteiger charge is 2.46. The minimum atomic E-state index is -0.805. The predicted molar refractivity (Wildman–Crippen MR) is 106 cm³/mol. The quantitative estimate of drug-likeness (QED) is 0.641. The van der Waals surface area contributed by atoms with E-state index in [9.17, 15) is 14.7 Å². The predicted octanol–water partition coefficient (Wildman–Crippen LogP) is 3.70. The molecule has 7 nitrogen and oxygen atoms in total. The van der Waals surface area contributed by atoms with Crippen LogP contribution in [0.15, 0.2) is 53.1 Å². The number of carbonyl (C=O) groups is 2. The Morgan fingerprint density at radius 1 is 1.21 bits per heavy atom. The maximum absolute atomic E-state index is 13.1. The summed E-state index contributed by atoms with van der Waals surface area (Å²) in [6.45, 7) is 1.77. The molecule has 3 aromatic rings. The highest BCUT2D eigenvalue weighted by atomic mass is 32.1. The van der Waals surface area contributed by atoms with Crippen LogP contribution in [0.3, 0.4) is 0 Å². The number of anilines is 1. The summed E-state index contributed by atoms with van der Waals surface area (Å²) in [5.74, 6) is -0.972. The van der Waals surface area contributed by atoms with Gasteiger partial charge >= 0.3 is 0 Å². The molecular weight excluding hydrogens is 398 g/mol. The number of ether oxygens (including phenoxy) is 1. The first-order valence-electron chi connectivity index (χ1n) is 8.30. The van der Waals surface area contributed by atoms with Gasteiger partial charge in [-0.25, -0.2) is 0 Å². The summed E-state index contributed by atoms with van der Waals surface area (Å²) in [6.07, 6.45) is 0. The van der Waals surface area contributed by atoms with Crippen molar-refractivity contribution in [1.29, 1.82) is 0 Å². The lowest BCUT2D eigenvalue weighted by Crippen LogP contribution is -2.31. The van der Waals surface area contributed by atoms with Gasteiger partial charge in [0.2, 0.25) is 10.9 Å². The Hall–Kier alpha value is -3.04. The third-order valence-corrected chi connectivity index (χ3v) is 6.06. The molecule has 2 aromatic heterocycles. The van der Waals surface area contributed by atoms with Crippen molar-refractivity contribution in [2.24, 2.45) is 0 Å². The van der Waals surface area contributed by atoms with Crippen LogP contribution in [0.5, 0.6) is 5.75 Å². The zero-order chi connectivity index (χ0) is 19.8. The number of aromatic nitrogens is 2. The van der Waals surface area contributed by atoms with Gasteiger partial charge in [-0.15, -0.1) is 21.5 Å². The smallest absolute Gasteiger partial charge is 0.296 e. The Labute approximate surface area is 168 Å². The number of thiophene rings is 1. The van der Waals surface area contributed by atoms with Crippen LogP contribution in [0, 0.1) is 6.92 Å². The van der Waals surface area contributed by atoms with Crippen LogP contribution in [0.4, 0.5) is 5.13 Å². The minimum absolute atomic E-state index is 0.0328. The number of rotatable bonds is 5. The number of hydrogen-bond acceptors (Lipinski definition) is 8. The van der Waals surface area contributed by atoms with Crippen LogP contribution in [0.25, 0.3) is 0 Å². The molecule has 0 aliphatic carbocycles. The average molecular weight is 413 g/mol. The fourth-order valence-corrected chi connectivity index (χ4v) is 4.45. The van der Waals surface area contributed by atoms with Crippen molar-refractivity contribution in [3.05, 3.63) is 68.6 Å². The molecule has 1 aliphatic rings.